The Kier molecular flexibility index (Phi) is 5.78. The van der Waals surface area contributed by atoms with Crippen LogP contribution in [-0.4, -0.2) is 24.1 Å². The molecular formula is C18H15ClF2N2O2S. The molecule has 0 aliphatic carbocycles. The zero-order chi connectivity index (χ0) is 18.7. The summed E-state index contributed by atoms with van der Waals surface area (Å²) in [6, 6.07) is 11.2. The minimum Gasteiger partial charge on any atom is -0.321 e. The summed E-state index contributed by atoms with van der Waals surface area (Å²) in [6.07, 6.45) is 1.35. The maximum Gasteiger partial charge on any atom is 0.289 e. The van der Waals surface area contributed by atoms with Gasteiger partial charge in [0.1, 0.15) is 0 Å². The minimum atomic E-state index is -2.65. The molecule has 3 rings (SSSR count). The van der Waals surface area contributed by atoms with Gasteiger partial charge in [-0.2, -0.15) is 8.78 Å². The van der Waals surface area contributed by atoms with Crippen LogP contribution in [0, 0.1) is 0 Å². The van der Waals surface area contributed by atoms with Crippen LogP contribution in [0.2, 0.25) is 5.02 Å². The van der Waals surface area contributed by atoms with Crippen molar-refractivity contribution in [2.24, 2.45) is 0 Å². The Morgan fingerprint density at radius 1 is 1.19 bits per heavy atom. The summed E-state index contributed by atoms with van der Waals surface area (Å²) in [5.41, 5.74) is 1.32. The van der Waals surface area contributed by atoms with Crippen molar-refractivity contribution in [2.45, 2.75) is 23.5 Å². The third-order valence-corrected chi connectivity index (χ3v) is 5.22. The summed E-state index contributed by atoms with van der Waals surface area (Å²) in [4.78, 5) is 26.0. The van der Waals surface area contributed by atoms with Gasteiger partial charge in [-0.05, 0) is 42.8 Å². The predicted octanol–water partition coefficient (Wildman–Crippen LogP) is 5.03. The molecule has 1 N–H and O–H groups in total. The number of hydrogen-bond acceptors (Lipinski definition) is 3. The molecule has 0 radical (unpaired) electrons. The van der Waals surface area contributed by atoms with Crippen LogP contribution in [-0.2, 0) is 4.79 Å². The number of thioether (sulfide) groups is 1. The molecular weight excluding hydrogens is 382 g/mol. The summed E-state index contributed by atoms with van der Waals surface area (Å²) >= 11 is 6.25. The lowest BCUT2D eigenvalue weighted by atomic mass is 10.1. The lowest BCUT2D eigenvalue weighted by Crippen LogP contribution is -2.23. The van der Waals surface area contributed by atoms with Crippen LogP contribution < -0.4 is 10.2 Å². The van der Waals surface area contributed by atoms with Crippen LogP contribution in [0.25, 0.3) is 0 Å². The minimum absolute atomic E-state index is 0.0646. The molecule has 2 aromatic carbocycles. The van der Waals surface area contributed by atoms with Gasteiger partial charge in [0, 0.05) is 24.2 Å². The number of hydrogen-bond donors (Lipinski definition) is 1. The highest BCUT2D eigenvalue weighted by Gasteiger charge is 2.22. The number of anilines is 2. The molecule has 0 spiro atoms. The number of alkyl halides is 2. The van der Waals surface area contributed by atoms with Crippen molar-refractivity contribution in [3.63, 3.8) is 0 Å². The Balaban J connectivity index is 1.76. The van der Waals surface area contributed by atoms with Crippen LogP contribution in [0.4, 0.5) is 20.2 Å². The van der Waals surface area contributed by atoms with E-state index in [1.165, 1.54) is 12.1 Å². The first-order chi connectivity index (χ1) is 12.5. The second-order valence-electron chi connectivity index (χ2n) is 5.64. The van der Waals surface area contributed by atoms with Crippen LogP contribution in [0.5, 0.6) is 0 Å². The molecule has 1 aliphatic heterocycles. The van der Waals surface area contributed by atoms with Gasteiger partial charge < -0.3 is 10.2 Å². The Morgan fingerprint density at radius 3 is 2.54 bits per heavy atom. The van der Waals surface area contributed by atoms with Crippen molar-refractivity contribution in [1.82, 2.24) is 0 Å². The smallest absolute Gasteiger partial charge is 0.289 e. The molecule has 2 aromatic rings. The molecule has 4 nitrogen and oxygen atoms in total. The summed E-state index contributed by atoms with van der Waals surface area (Å²) in [7, 11) is 0. The monoisotopic (exact) mass is 396 g/mol. The fourth-order valence-corrected chi connectivity index (χ4v) is 3.64. The topological polar surface area (TPSA) is 49.4 Å². The van der Waals surface area contributed by atoms with Gasteiger partial charge in [0.15, 0.2) is 0 Å². The Bertz CT molecular complexity index is 830. The van der Waals surface area contributed by atoms with Gasteiger partial charge in [0.2, 0.25) is 5.91 Å². The second kappa shape index (κ2) is 8.05. The van der Waals surface area contributed by atoms with E-state index in [0.717, 1.165) is 12.1 Å². The molecule has 0 aromatic heterocycles. The zero-order valence-electron chi connectivity index (χ0n) is 13.5. The summed E-state index contributed by atoms with van der Waals surface area (Å²) < 4.78 is 25.4. The molecule has 0 bridgehead atoms. The fraction of sp³-hybridized carbons (Fsp3) is 0.222. The molecule has 1 aliphatic rings. The Morgan fingerprint density at radius 2 is 1.92 bits per heavy atom. The lowest BCUT2D eigenvalue weighted by molar-refractivity contribution is -0.117. The molecule has 0 saturated carbocycles. The van der Waals surface area contributed by atoms with Crippen molar-refractivity contribution in [3.8, 4) is 0 Å². The summed E-state index contributed by atoms with van der Waals surface area (Å²) in [5.74, 6) is -3.03. The van der Waals surface area contributed by atoms with Gasteiger partial charge in [-0.15, -0.1) is 0 Å². The number of carbonyl (C=O) groups is 2. The van der Waals surface area contributed by atoms with E-state index in [4.69, 9.17) is 11.6 Å². The molecule has 8 heteroatoms. The average Bonchev–Trinajstić information content (AvgIpc) is 3.04. The van der Waals surface area contributed by atoms with Gasteiger partial charge in [0.05, 0.1) is 15.6 Å². The van der Waals surface area contributed by atoms with Gasteiger partial charge in [-0.3, -0.25) is 9.59 Å². The maximum absolute atomic E-state index is 12.7. The zero-order valence-corrected chi connectivity index (χ0v) is 15.1. The first-order valence-corrected chi connectivity index (χ1v) is 9.16. The standard InChI is InChI=1S/C18H15ClF2N2O2S/c19-13-3-1-4-14(16(13)26-18(20)21)22-17(25)11-6-8-12(9-7-11)23-10-2-5-15(23)24/h1,3-4,6-9,18H,2,5,10H2,(H,22,25). The van der Waals surface area contributed by atoms with Gasteiger partial charge >= 0.3 is 0 Å². The van der Waals surface area contributed by atoms with Crippen molar-refractivity contribution in [2.75, 3.05) is 16.8 Å². The van der Waals surface area contributed by atoms with E-state index in [-0.39, 0.29) is 33.3 Å². The quantitative estimate of drug-likeness (QED) is 0.721. The van der Waals surface area contributed by atoms with Crippen molar-refractivity contribution >= 4 is 46.6 Å². The maximum atomic E-state index is 12.7. The SMILES string of the molecule is O=C(Nc1cccc(Cl)c1SC(F)F)c1ccc(N2CCCC2=O)cc1. The van der Waals surface area contributed by atoms with E-state index >= 15 is 0 Å². The highest BCUT2D eigenvalue weighted by Crippen LogP contribution is 2.37. The fourth-order valence-electron chi connectivity index (χ4n) is 2.72. The number of nitrogens with zero attached hydrogens (tertiary/aromatic N) is 1. The van der Waals surface area contributed by atoms with Crippen molar-refractivity contribution in [1.29, 1.82) is 0 Å². The molecule has 1 saturated heterocycles. The Labute approximate surface area is 158 Å². The summed E-state index contributed by atoms with van der Waals surface area (Å²) in [5, 5.41) is 2.76. The lowest BCUT2D eigenvalue weighted by Gasteiger charge is -2.16. The molecule has 136 valence electrons. The third kappa shape index (κ3) is 4.16. The molecule has 1 heterocycles. The number of benzene rings is 2. The number of halogens is 3. The summed E-state index contributed by atoms with van der Waals surface area (Å²) in [6.45, 7) is 0.668. The highest BCUT2D eigenvalue weighted by atomic mass is 35.5. The van der Waals surface area contributed by atoms with E-state index in [0.29, 0.717) is 18.5 Å². The van der Waals surface area contributed by atoms with Crippen LogP contribution >= 0.6 is 23.4 Å². The van der Waals surface area contributed by atoms with Crippen molar-refractivity contribution in [3.05, 3.63) is 53.1 Å². The van der Waals surface area contributed by atoms with E-state index in [9.17, 15) is 18.4 Å². The number of nitrogens with one attached hydrogen (secondary N) is 1. The van der Waals surface area contributed by atoms with Crippen molar-refractivity contribution < 1.29 is 18.4 Å². The second-order valence-corrected chi connectivity index (χ2v) is 7.05. The van der Waals surface area contributed by atoms with Gasteiger partial charge in [-0.1, -0.05) is 29.4 Å². The van der Waals surface area contributed by atoms with E-state index in [1.807, 2.05) is 0 Å². The number of carbonyl (C=O) groups excluding carboxylic acids is 2. The predicted molar refractivity (Wildman–Crippen MR) is 99.3 cm³/mol. The normalized spacial score (nSPS) is 14.2. The highest BCUT2D eigenvalue weighted by molar-refractivity contribution is 7.99. The van der Waals surface area contributed by atoms with Gasteiger partial charge in [-0.25, -0.2) is 0 Å². The molecule has 2 amide bonds. The number of rotatable bonds is 5. The van der Waals surface area contributed by atoms with Crippen LogP contribution in [0.15, 0.2) is 47.4 Å². The van der Waals surface area contributed by atoms with Crippen LogP contribution in [0.1, 0.15) is 23.2 Å². The Hall–Kier alpha value is -2.12. The van der Waals surface area contributed by atoms with E-state index in [2.05, 4.69) is 5.32 Å². The molecule has 0 unspecified atom stereocenters. The largest absolute Gasteiger partial charge is 0.321 e. The van der Waals surface area contributed by atoms with Gasteiger partial charge in [0.25, 0.3) is 11.7 Å². The van der Waals surface area contributed by atoms with E-state index < -0.39 is 11.7 Å². The number of amides is 2. The molecule has 1 fully saturated rings. The van der Waals surface area contributed by atoms with E-state index in [1.54, 1.807) is 35.2 Å². The molecule has 26 heavy (non-hydrogen) atoms. The molecule has 0 atom stereocenters. The van der Waals surface area contributed by atoms with Crippen LogP contribution in [0.3, 0.4) is 0 Å². The first-order valence-electron chi connectivity index (χ1n) is 7.91. The average molecular weight is 397 g/mol. The third-order valence-electron chi connectivity index (χ3n) is 3.94. The first kappa shape index (κ1) is 18.7.